The van der Waals surface area contributed by atoms with Crippen molar-refractivity contribution >= 4 is 37.9 Å². The fourth-order valence-electron chi connectivity index (χ4n) is 2.64. The zero-order chi connectivity index (χ0) is 18.4. The van der Waals surface area contributed by atoms with Crippen LogP contribution in [0.4, 0.5) is 5.13 Å². The van der Waals surface area contributed by atoms with E-state index in [4.69, 9.17) is 17.3 Å². The molecule has 130 valence electrons. The van der Waals surface area contributed by atoms with Crippen LogP contribution in [0.15, 0.2) is 35.2 Å². The van der Waals surface area contributed by atoms with E-state index in [2.05, 4.69) is 9.97 Å². The second kappa shape index (κ2) is 6.40. The molecular weight excluding hydrogens is 378 g/mol. The van der Waals surface area contributed by atoms with Crippen molar-refractivity contribution in [1.82, 2.24) is 9.97 Å². The molecule has 8 heteroatoms. The third kappa shape index (κ3) is 3.68. The van der Waals surface area contributed by atoms with Crippen molar-refractivity contribution in [3.05, 3.63) is 46.7 Å². The SMILES string of the molecule is Cc1cc(-c2nc(N)sc2-c2ccc(S(C)(=O)=O)c(Cl)c2)cc(C)n1. The highest BCUT2D eigenvalue weighted by Crippen LogP contribution is 2.40. The first-order chi connectivity index (χ1) is 11.6. The van der Waals surface area contributed by atoms with E-state index in [9.17, 15) is 8.42 Å². The Morgan fingerprint density at radius 2 is 1.68 bits per heavy atom. The largest absolute Gasteiger partial charge is 0.375 e. The first-order valence-corrected chi connectivity index (χ1v) is 10.5. The van der Waals surface area contributed by atoms with E-state index in [1.807, 2.05) is 26.0 Å². The van der Waals surface area contributed by atoms with E-state index in [1.54, 1.807) is 12.1 Å². The summed E-state index contributed by atoms with van der Waals surface area (Å²) in [4.78, 5) is 9.77. The minimum absolute atomic E-state index is 0.104. The maximum absolute atomic E-state index is 11.7. The summed E-state index contributed by atoms with van der Waals surface area (Å²) >= 11 is 7.52. The predicted molar refractivity (Wildman–Crippen MR) is 103 cm³/mol. The fourth-order valence-corrected chi connectivity index (χ4v) is 4.82. The summed E-state index contributed by atoms with van der Waals surface area (Å²) < 4.78 is 23.5. The Morgan fingerprint density at radius 3 is 2.24 bits per heavy atom. The minimum atomic E-state index is -3.38. The number of aryl methyl sites for hydroxylation is 2. The number of halogens is 1. The normalized spacial score (nSPS) is 11.7. The van der Waals surface area contributed by atoms with E-state index in [0.717, 1.165) is 39.3 Å². The maximum Gasteiger partial charge on any atom is 0.181 e. The van der Waals surface area contributed by atoms with Crippen LogP contribution in [0.25, 0.3) is 21.7 Å². The average molecular weight is 394 g/mol. The zero-order valence-electron chi connectivity index (χ0n) is 13.9. The monoisotopic (exact) mass is 393 g/mol. The van der Waals surface area contributed by atoms with E-state index >= 15 is 0 Å². The van der Waals surface area contributed by atoms with Crippen LogP contribution in [0.5, 0.6) is 0 Å². The molecule has 0 fully saturated rings. The van der Waals surface area contributed by atoms with Gasteiger partial charge in [-0.2, -0.15) is 0 Å². The average Bonchev–Trinajstić information content (AvgIpc) is 2.87. The number of nitrogens with zero attached hydrogens (tertiary/aromatic N) is 2. The van der Waals surface area contributed by atoms with Gasteiger partial charge >= 0.3 is 0 Å². The molecule has 0 atom stereocenters. The number of thiazole rings is 1. The van der Waals surface area contributed by atoms with Crippen LogP contribution in [0.2, 0.25) is 5.02 Å². The van der Waals surface area contributed by atoms with Crippen molar-refractivity contribution < 1.29 is 8.42 Å². The van der Waals surface area contributed by atoms with Crippen molar-refractivity contribution in [2.24, 2.45) is 0 Å². The lowest BCUT2D eigenvalue weighted by molar-refractivity contribution is 0.602. The Labute approximate surface area is 155 Å². The highest BCUT2D eigenvalue weighted by Gasteiger charge is 2.18. The smallest absolute Gasteiger partial charge is 0.181 e. The molecule has 2 heterocycles. The summed E-state index contributed by atoms with van der Waals surface area (Å²) in [5, 5.41) is 0.612. The second-order valence-electron chi connectivity index (χ2n) is 5.79. The molecule has 3 rings (SSSR count). The number of rotatable bonds is 3. The molecule has 0 unspecified atom stereocenters. The van der Waals surface area contributed by atoms with Crippen LogP contribution in [0.1, 0.15) is 11.4 Å². The fraction of sp³-hybridized carbons (Fsp3) is 0.176. The van der Waals surface area contributed by atoms with Crippen LogP contribution in [0.3, 0.4) is 0 Å². The van der Waals surface area contributed by atoms with Gasteiger partial charge in [-0.3, -0.25) is 4.98 Å². The predicted octanol–water partition coefficient (Wildman–Crippen LogP) is 4.13. The van der Waals surface area contributed by atoms with Gasteiger partial charge in [-0.25, -0.2) is 13.4 Å². The topological polar surface area (TPSA) is 85.9 Å². The van der Waals surface area contributed by atoms with E-state index in [1.165, 1.54) is 17.4 Å². The summed E-state index contributed by atoms with van der Waals surface area (Å²) in [7, 11) is -3.38. The van der Waals surface area contributed by atoms with E-state index in [0.29, 0.717) is 5.13 Å². The number of aromatic nitrogens is 2. The first kappa shape index (κ1) is 17.8. The van der Waals surface area contributed by atoms with E-state index in [-0.39, 0.29) is 9.92 Å². The van der Waals surface area contributed by atoms with Crippen molar-refractivity contribution in [3.8, 4) is 21.7 Å². The summed E-state index contributed by atoms with van der Waals surface area (Å²) in [6.45, 7) is 3.84. The lowest BCUT2D eigenvalue weighted by Crippen LogP contribution is -1.98. The van der Waals surface area contributed by atoms with Gasteiger partial charge in [-0.05, 0) is 43.7 Å². The van der Waals surface area contributed by atoms with Crippen LogP contribution in [0, 0.1) is 13.8 Å². The molecule has 5 nitrogen and oxygen atoms in total. The van der Waals surface area contributed by atoms with Gasteiger partial charge in [0.2, 0.25) is 0 Å². The highest BCUT2D eigenvalue weighted by atomic mass is 35.5. The lowest BCUT2D eigenvalue weighted by atomic mass is 10.1. The molecule has 0 amide bonds. The minimum Gasteiger partial charge on any atom is -0.375 e. The molecule has 2 N–H and O–H groups in total. The number of anilines is 1. The molecule has 0 aliphatic heterocycles. The molecule has 25 heavy (non-hydrogen) atoms. The Kier molecular flexibility index (Phi) is 4.57. The number of hydrogen-bond donors (Lipinski definition) is 1. The Balaban J connectivity index is 2.18. The van der Waals surface area contributed by atoms with Crippen LogP contribution in [-0.4, -0.2) is 24.6 Å². The van der Waals surface area contributed by atoms with Crippen molar-refractivity contribution in [2.45, 2.75) is 18.7 Å². The number of nitrogens with two attached hydrogens (primary N) is 1. The van der Waals surface area contributed by atoms with Gasteiger partial charge in [0, 0.05) is 23.2 Å². The summed E-state index contributed by atoms with van der Waals surface area (Å²) in [5.74, 6) is 0. The highest BCUT2D eigenvalue weighted by molar-refractivity contribution is 7.90. The number of nitrogen functional groups attached to an aromatic ring is 1. The van der Waals surface area contributed by atoms with Gasteiger partial charge in [-0.1, -0.05) is 29.0 Å². The number of benzene rings is 1. The van der Waals surface area contributed by atoms with Gasteiger partial charge in [0.05, 0.1) is 20.5 Å². The number of sulfone groups is 1. The molecule has 0 spiro atoms. The van der Waals surface area contributed by atoms with E-state index < -0.39 is 9.84 Å². The Hall–Kier alpha value is -1.96. The summed E-state index contributed by atoms with van der Waals surface area (Å²) in [5.41, 5.74) is 10.1. The van der Waals surface area contributed by atoms with Crippen molar-refractivity contribution in [2.75, 3.05) is 12.0 Å². The maximum atomic E-state index is 11.7. The van der Waals surface area contributed by atoms with Gasteiger partial charge in [0.15, 0.2) is 15.0 Å². The summed E-state index contributed by atoms with van der Waals surface area (Å²) in [6.07, 6.45) is 1.13. The molecule has 0 bridgehead atoms. The Morgan fingerprint density at radius 1 is 1.04 bits per heavy atom. The quantitative estimate of drug-likeness (QED) is 0.723. The molecule has 0 radical (unpaired) electrons. The van der Waals surface area contributed by atoms with Crippen molar-refractivity contribution in [3.63, 3.8) is 0 Å². The van der Waals surface area contributed by atoms with Crippen LogP contribution < -0.4 is 5.73 Å². The van der Waals surface area contributed by atoms with Gasteiger partial charge in [0.1, 0.15) is 0 Å². The molecule has 0 aliphatic carbocycles. The number of pyridine rings is 1. The third-order valence-electron chi connectivity index (χ3n) is 3.59. The number of hydrogen-bond acceptors (Lipinski definition) is 6. The van der Waals surface area contributed by atoms with Gasteiger partial charge in [-0.15, -0.1) is 0 Å². The molecular formula is C17H16ClN3O2S2. The molecule has 1 aromatic carbocycles. The summed E-state index contributed by atoms with van der Waals surface area (Å²) in [6, 6.07) is 8.75. The standard InChI is InChI=1S/C17H16ClN3O2S2/c1-9-6-12(7-10(2)20-9)15-16(24-17(19)21-15)11-4-5-14(13(18)8-11)25(3,22)23/h4-8H,1-3H3,(H2,19,21). The second-order valence-corrected chi connectivity index (χ2v) is 9.21. The molecule has 3 aromatic rings. The molecule has 0 saturated heterocycles. The van der Waals surface area contributed by atoms with Gasteiger partial charge in [0.25, 0.3) is 0 Å². The van der Waals surface area contributed by atoms with Crippen molar-refractivity contribution in [1.29, 1.82) is 0 Å². The molecule has 2 aromatic heterocycles. The Bertz CT molecular complexity index is 1060. The third-order valence-corrected chi connectivity index (χ3v) is 6.11. The molecule has 0 aliphatic rings. The zero-order valence-corrected chi connectivity index (χ0v) is 16.3. The molecule has 0 saturated carbocycles. The van der Waals surface area contributed by atoms with Crippen LogP contribution >= 0.6 is 22.9 Å². The van der Waals surface area contributed by atoms with Gasteiger partial charge < -0.3 is 5.73 Å². The lowest BCUT2D eigenvalue weighted by Gasteiger charge is -2.07. The van der Waals surface area contributed by atoms with Crippen LogP contribution in [-0.2, 0) is 9.84 Å². The first-order valence-electron chi connectivity index (χ1n) is 7.37.